The predicted molar refractivity (Wildman–Crippen MR) is 80.2 cm³/mol. The second-order valence-corrected chi connectivity index (χ2v) is 6.36. The van der Waals surface area contributed by atoms with Crippen molar-refractivity contribution >= 4 is 12.0 Å². The van der Waals surface area contributed by atoms with Crippen molar-refractivity contribution in [2.24, 2.45) is 11.3 Å². The van der Waals surface area contributed by atoms with Gasteiger partial charge in [-0.15, -0.1) is 0 Å². The normalized spacial score (nSPS) is 16.9. The number of carbonyl (C=O) groups is 2. The quantitative estimate of drug-likeness (QED) is 0.568. The van der Waals surface area contributed by atoms with Gasteiger partial charge in [0.05, 0.1) is 6.61 Å². The van der Waals surface area contributed by atoms with E-state index in [0.29, 0.717) is 19.0 Å². The number of ether oxygens (including phenoxy) is 1. The highest BCUT2D eigenvalue weighted by Gasteiger charge is 2.34. The minimum Gasteiger partial charge on any atom is -0.480 e. The smallest absolute Gasteiger partial charge is 0.329 e. The standard InChI is InChI=1S/C15H28N2O4/c1-12(2)9-15(5-3-4-6-15)11-17-14(20)16-7-8-21-10-13(18)19/h12H,3-11H2,1-2H3,(H,18,19)(H2,16,17,20). The molecule has 0 atom stereocenters. The molecule has 0 aromatic carbocycles. The molecule has 1 aliphatic rings. The first-order chi connectivity index (χ1) is 9.93. The van der Waals surface area contributed by atoms with Gasteiger partial charge >= 0.3 is 12.0 Å². The third-order valence-corrected chi connectivity index (χ3v) is 3.89. The number of nitrogens with one attached hydrogen (secondary N) is 2. The number of carbonyl (C=O) groups excluding carboxylic acids is 1. The molecule has 0 aromatic heterocycles. The first-order valence-electron chi connectivity index (χ1n) is 7.75. The van der Waals surface area contributed by atoms with E-state index < -0.39 is 5.97 Å². The van der Waals surface area contributed by atoms with Crippen LogP contribution in [0.25, 0.3) is 0 Å². The highest BCUT2D eigenvalue weighted by Crippen LogP contribution is 2.42. The summed E-state index contributed by atoms with van der Waals surface area (Å²) in [6.07, 6.45) is 6.02. The van der Waals surface area contributed by atoms with Gasteiger partial charge in [0.1, 0.15) is 6.61 Å². The Bertz CT molecular complexity index is 339. The fourth-order valence-electron chi connectivity index (χ4n) is 3.17. The maximum Gasteiger partial charge on any atom is 0.329 e. The zero-order valence-corrected chi connectivity index (χ0v) is 13.1. The summed E-state index contributed by atoms with van der Waals surface area (Å²) in [5.41, 5.74) is 0.255. The zero-order valence-electron chi connectivity index (χ0n) is 13.1. The Balaban J connectivity index is 2.20. The highest BCUT2D eigenvalue weighted by molar-refractivity contribution is 5.73. The van der Waals surface area contributed by atoms with Crippen molar-refractivity contribution < 1.29 is 19.4 Å². The van der Waals surface area contributed by atoms with Gasteiger partial charge in [0, 0.05) is 13.1 Å². The summed E-state index contributed by atoms with van der Waals surface area (Å²) in [5, 5.41) is 14.0. The number of hydrogen-bond donors (Lipinski definition) is 3. The van der Waals surface area contributed by atoms with Crippen molar-refractivity contribution in [1.82, 2.24) is 10.6 Å². The molecule has 0 bridgehead atoms. The van der Waals surface area contributed by atoms with Gasteiger partial charge in [-0.25, -0.2) is 9.59 Å². The topological polar surface area (TPSA) is 87.7 Å². The summed E-state index contributed by atoms with van der Waals surface area (Å²) in [5.74, 6) is -0.367. The van der Waals surface area contributed by atoms with E-state index in [-0.39, 0.29) is 24.7 Å². The number of hydrogen-bond acceptors (Lipinski definition) is 3. The van der Waals surface area contributed by atoms with Crippen molar-refractivity contribution in [3.05, 3.63) is 0 Å². The Morgan fingerprint density at radius 2 is 1.90 bits per heavy atom. The van der Waals surface area contributed by atoms with Crippen LogP contribution in [0.5, 0.6) is 0 Å². The van der Waals surface area contributed by atoms with Crippen LogP contribution in [0, 0.1) is 11.3 Å². The molecule has 1 fully saturated rings. The van der Waals surface area contributed by atoms with Crippen LogP contribution in [0.4, 0.5) is 4.79 Å². The van der Waals surface area contributed by atoms with Crippen molar-refractivity contribution in [3.8, 4) is 0 Å². The van der Waals surface area contributed by atoms with Crippen LogP contribution in [-0.2, 0) is 9.53 Å². The largest absolute Gasteiger partial charge is 0.480 e. The Morgan fingerprint density at radius 1 is 1.24 bits per heavy atom. The highest BCUT2D eigenvalue weighted by atomic mass is 16.5. The molecule has 122 valence electrons. The van der Waals surface area contributed by atoms with Crippen LogP contribution >= 0.6 is 0 Å². The molecule has 0 spiro atoms. The molecule has 1 saturated carbocycles. The minimum absolute atomic E-state index is 0.205. The van der Waals surface area contributed by atoms with E-state index in [1.165, 1.54) is 25.7 Å². The molecule has 0 unspecified atom stereocenters. The minimum atomic E-state index is -1.00. The van der Waals surface area contributed by atoms with Crippen LogP contribution in [0.15, 0.2) is 0 Å². The van der Waals surface area contributed by atoms with Crippen molar-refractivity contribution in [3.63, 3.8) is 0 Å². The third-order valence-electron chi connectivity index (χ3n) is 3.89. The second-order valence-electron chi connectivity index (χ2n) is 6.36. The van der Waals surface area contributed by atoms with Crippen molar-refractivity contribution in [2.75, 3.05) is 26.3 Å². The molecule has 0 saturated heterocycles. The molecular weight excluding hydrogens is 272 g/mol. The fraction of sp³-hybridized carbons (Fsp3) is 0.867. The SMILES string of the molecule is CC(C)CC1(CNC(=O)NCCOCC(=O)O)CCCC1. The van der Waals surface area contributed by atoms with Gasteiger partial charge in [-0.2, -0.15) is 0 Å². The van der Waals surface area contributed by atoms with Gasteiger partial charge in [-0.1, -0.05) is 26.7 Å². The lowest BCUT2D eigenvalue weighted by Crippen LogP contribution is -2.43. The molecule has 0 heterocycles. The average Bonchev–Trinajstić information content (AvgIpc) is 2.84. The molecule has 2 amide bonds. The Kier molecular flexibility index (Phi) is 7.50. The molecule has 3 N–H and O–H groups in total. The van der Waals surface area contributed by atoms with E-state index in [1.54, 1.807) is 0 Å². The number of aliphatic carboxylic acids is 1. The monoisotopic (exact) mass is 300 g/mol. The van der Waals surface area contributed by atoms with E-state index >= 15 is 0 Å². The first-order valence-corrected chi connectivity index (χ1v) is 7.75. The van der Waals surface area contributed by atoms with Crippen molar-refractivity contribution in [2.45, 2.75) is 46.0 Å². The lowest BCUT2D eigenvalue weighted by atomic mass is 9.78. The van der Waals surface area contributed by atoms with Crippen LogP contribution in [-0.4, -0.2) is 43.4 Å². The Hall–Kier alpha value is -1.30. The molecule has 0 aromatic rings. The summed E-state index contributed by atoms with van der Waals surface area (Å²) >= 11 is 0. The van der Waals surface area contributed by atoms with Gasteiger partial charge in [0.2, 0.25) is 0 Å². The van der Waals surface area contributed by atoms with E-state index in [9.17, 15) is 9.59 Å². The molecule has 1 rings (SSSR count). The maximum absolute atomic E-state index is 11.7. The summed E-state index contributed by atoms with van der Waals surface area (Å²) in [7, 11) is 0. The van der Waals surface area contributed by atoms with E-state index in [0.717, 1.165) is 6.42 Å². The molecule has 6 heteroatoms. The summed E-state index contributed by atoms with van der Waals surface area (Å²) < 4.78 is 4.85. The third kappa shape index (κ3) is 7.32. The van der Waals surface area contributed by atoms with E-state index in [1.807, 2.05) is 0 Å². The summed E-state index contributed by atoms with van der Waals surface area (Å²) in [6, 6.07) is -0.205. The fourth-order valence-corrected chi connectivity index (χ4v) is 3.17. The van der Waals surface area contributed by atoms with Gasteiger partial charge in [-0.05, 0) is 30.6 Å². The zero-order chi connectivity index (χ0) is 15.7. The number of carboxylic acids is 1. The summed E-state index contributed by atoms with van der Waals surface area (Å²) in [6.45, 7) is 5.35. The molecule has 1 aliphatic carbocycles. The van der Waals surface area contributed by atoms with Crippen molar-refractivity contribution in [1.29, 1.82) is 0 Å². The molecule has 0 aliphatic heterocycles. The number of rotatable bonds is 9. The first kappa shape index (κ1) is 17.8. The molecule has 6 nitrogen and oxygen atoms in total. The van der Waals surface area contributed by atoms with E-state index in [2.05, 4.69) is 24.5 Å². The molecule has 21 heavy (non-hydrogen) atoms. The molecular formula is C15H28N2O4. The van der Waals surface area contributed by atoms with Gasteiger partial charge < -0.3 is 20.5 Å². The van der Waals surface area contributed by atoms with Gasteiger partial charge in [0.15, 0.2) is 0 Å². The molecule has 0 radical (unpaired) electrons. The van der Waals surface area contributed by atoms with Crippen LogP contribution < -0.4 is 10.6 Å². The predicted octanol–water partition coefficient (Wildman–Crippen LogP) is 1.99. The van der Waals surface area contributed by atoms with Crippen LogP contribution in [0.1, 0.15) is 46.0 Å². The number of urea groups is 1. The number of carboxylic acid groups (broad SMARTS) is 1. The lowest BCUT2D eigenvalue weighted by Gasteiger charge is -2.31. The van der Waals surface area contributed by atoms with E-state index in [4.69, 9.17) is 9.84 Å². The Labute approximate surface area is 126 Å². The average molecular weight is 300 g/mol. The van der Waals surface area contributed by atoms with Crippen LogP contribution in [0.3, 0.4) is 0 Å². The van der Waals surface area contributed by atoms with Gasteiger partial charge in [0.25, 0.3) is 0 Å². The van der Waals surface area contributed by atoms with Gasteiger partial charge in [-0.3, -0.25) is 0 Å². The Morgan fingerprint density at radius 3 is 2.48 bits per heavy atom. The number of amides is 2. The second kappa shape index (κ2) is 8.87. The van der Waals surface area contributed by atoms with Crippen LogP contribution in [0.2, 0.25) is 0 Å². The summed E-state index contributed by atoms with van der Waals surface area (Å²) in [4.78, 5) is 22.0. The lowest BCUT2D eigenvalue weighted by molar-refractivity contribution is -0.142. The maximum atomic E-state index is 11.7.